The number of piperidine rings is 1. The highest BCUT2D eigenvalue weighted by molar-refractivity contribution is 7.87. The quantitative estimate of drug-likeness (QED) is 0.797. The van der Waals surface area contributed by atoms with Gasteiger partial charge < -0.3 is 5.32 Å². The van der Waals surface area contributed by atoms with Gasteiger partial charge in [0.05, 0.1) is 0 Å². The molecule has 0 radical (unpaired) electrons. The zero-order valence-electron chi connectivity index (χ0n) is 11.2. The summed E-state index contributed by atoms with van der Waals surface area (Å²) in [5, 5.41) is 3.35. The highest BCUT2D eigenvalue weighted by atomic mass is 32.2. The van der Waals surface area contributed by atoms with Crippen LogP contribution in [0.5, 0.6) is 0 Å². The molecule has 1 unspecified atom stereocenters. The third-order valence-corrected chi connectivity index (χ3v) is 5.83. The van der Waals surface area contributed by atoms with E-state index in [1.807, 2.05) is 0 Å². The molecule has 18 heavy (non-hydrogen) atoms. The summed E-state index contributed by atoms with van der Waals surface area (Å²) in [6.07, 6.45) is 6.51. The Morgan fingerprint density at radius 2 is 1.83 bits per heavy atom. The van der Waals surface area contributed by atoms with Crippen LogP contribution in [0, 0.1) is 5.92 Å². The molecule has 2 saturated heterocycles. The van der Waals surface area contributed by atoms with Crippen LogP contribution < -0.4 is 10.0 Å². The predicted molar refractivity (Wildman–Crippen MR) is 72.5 cm³/mol. The van der Waals surface area contributed by atoms with Crippen LogP contribution in [-0.2, 0) is 10.2 Å². The summed E-state index contributed by atoms with van der Waals surface area (Å²) in [5.41, 5.74) is 0. The molecule has 0 aromatic carbocycles. The Labute approximate surface area is 110 Å². The maximum atomic E-state index is 12.2. The Bertz CT molecular complexity index is 352. The van der Waals surface area contributed by atoms with E-state index in [2.05, 4.69) is 10.0 Å². The van der Waals surface area contributed by atoms with Crippen LogP contribution in [0.25, 0.3) is 0 Å². The van der Waals surface area contributed by atoms with Gasteiger partial charge in [0.1, 0.15) is 0 Å². The van der Waals surface area contributed by atoms with Crippen LogP contribution in [0.2, 0.25) is 0 Å². The van der Waals surface area contributed by atoms with Crippen molar-refractivity contribution >= 4 is 10.2 Å². The summed E-state index contributed by atoms with van der Waals surface area (Å²) in [7, 11) is -1.77. The zero-order chi connectivity index (χ0) is 13.0. The van der Waals surface area contributed by atoms with E-state index in [0.717, 1.165) is 51.6 Å². The van der Waals surface area contributed by atoms with E-state index in [4.69, 9.17) is 0 Å². The third kappa shape index (κ3) is 3.23. The van der Waals surface area contributed by atoms with Crippen molar-refractivity contribution in [2.75, 3.05) is 26.7 Å². The van der Waals surface area contributed by atoms with Gasteiger partial charge in [0, 0.05) is 19.6 Å². The second kappa shape index (κ2) is 6.32. The topological polar surface area (TPSA) is 61.4 Å². The largest absolute Gasteiger partial charge is 0.317 e. The van der Waals surface area contributed by atoms with E-state index in [-0.39, 0.29) is 6.04 Å². The minimum atomic E-state index is -3.28. The van der Waals surface area contributed by atoms with E-state index in [0.29, 0.717) is 12.5 Å². The summed E-state index contributed by atoms with van der Waals surface area (Å²) < 4.78 is 28.5. The molecule has 0 bridgehead atoms. The predicted octanol–water partition coefficient (Wildman–Crippen LogP) is 0.695. The molecule has 0 amide bonds. The van der Waals surface area contributed by atoms with Gasteiger partial charge >= 0.3 is 0 Å². The molecule has 2 aliphatic heterocycles. The van der Waals surface area contributed by atoms with Crippen molar-refractivity contribution in [3.63, 3.8) is 0 Å². The minimum Gasteiger partial charge on any atom is -0.317 e. The summed E-state index contributed by atoms with van der Waals surface area (Å²) in [6.45, 7) is 2.72. The van der Waals surface area contributed by atoms with Crippen molar-refractivity contribution in [1.82, 2.24) is 14.3 Å². The van der Waals surface area contributed by atoms with Crippen molar-refractivity contribution in [3.05, 3.63) is 0 Å². The van der Waals surface area contributed by atoms with Crippen LogP contribution in [0.4, 0.5) is 0 Å². The normalized spacial score (nSPS) is 29.1. The maximum absolute atomic E-state index is 12.2. The van der Waals surface area contributed by atoms with Gasteiger partial charge in [0.25, 0.3) is 10.2 Å². The third-order valence-electron chi connectivity index (χ3n) is 4.24. The lowest BCUT2D eigenvalue weighted by molar-refractivity contribution is 0.196. The highest BCUT2D eigenvalue weighted by Gasteiger charge is 2.35. The molecule has 2 aliphatic rings. The van der Waals surface area contributed by atoms with Gasteiger partial charge in [-0.1, -0.05) is 12.8 Å². The molecule has 2 N–H and O–H groups in total. The molecule has 0 saturated carbocycles. The Kier molecular flexibility index (Phi) is 5.00. The van der Waals surface area contributed by atoms with Crippen LogP contribution in [0.1, 0.15) is 38.5 Å². The average Bonchev–Trinajstić information content (AvgIpc) is 2.66. The van der Waals surface area contributed by atoms with Gasteiger partial charge in [-0.15, -0.1) is 0 Å². The molecule has 0 aromatic heterocycles. The standard InChI is InChI=1S/C12H25N3O2S/c1-13-18(16,17)15-10-4-2-3-5-12(15)11-6-8-14-9-7-11/h11-14H,2-10H2,1H3. The lowest BCUT2D eigenvalue weighted by atomic mass is 9.88. The van der Waals surface area contributed by atoms with E-state index < -0.39 is 10.2 Å². The molecule has 2 heterocycles. The first kappa shape index (κ1) is 14.2. The molecule has 6 heteroatoms. The SMILES string of the molecule is CNS(=O)(=O)N1CCCCCC1C1CCNCC1. The van der Waals surface area contributed by atoms with Gasteiger partial charge in [0.2, 0.25) is 0 Å². The van der Waals surface area contributed by atoms with Gasteiger partial charge in [-0.25, -0.2) is 4.72 Å². The lowest BCUT2D eigenvalue weighted by Gasteiger charge is -2.36. The summed E-state index contributed by atoms with van der Waals surface area (Å²) in [6, 6.07) is 0.201. The van der Waals surface area contributed by atoms with Crippen LogP contribution in [0.15, 0.2) is 0 Å². The van der Waals surface area contributed by atoms with Crippen LogP contribution in [-0.4, -0.2) is 45.4 Å². The summed E-state index contributed by atoms with van der Waals surface area (Å²) in [4.78, 5) is 0. The average molecular weight is 275 g/mol. The zero-order valence-corrected chi connectivity index (χ0v) is 12.0. The Balaban J connectivity index is 2.15. The Morgan fingerprint density at radius 1 is 1.11 bits per heavy atom. The molecule has 0 aliphatic carbocycles. The summed E-state index contributed by atoms with van der Waals surface area (Å²) >= 11 is 0. The Morgan fingerprint density at radius 3 is 2.50 bits per heavy atom. The maximum Gasteiger partial charge on any atom is 0.279 e. The fourth-order valence-corrected chi connectivity index (χ4v) is 4.46. The second-order valence-corrected chi connectivity index (χ2v) is 7.15. The van der Waals surface area contributed by atoms with Gasteiger partial charge in [0.15, 0.2) is 0 Å². The number of hydrogen-bond acceptors (Lipinski definition) is 3. The van der Waals surface area contributed by atoms with Crippen molar-refractivity contribution in [1.29, 1.82) is 0 Å². The van der Waals surface area contributed by atoms with Crippen LogP contribution >= 0.6 is 0 Å². The first-order valence-electron chi connectivity index (χ1n) is 7.06. The monoisotopic (exact) mass is 275 g/mol. The summed E-state index contributed by atoms with van der Waals surface area (Å²) in [5.74, 6) is 0.521. The first-order chi connectivity index (χ1) is 8.65. The van der Waals surface area contributed by atoms with Gasteiger partial charge in [-0.3, -0.25) is 0 Å². The number of nitrogens with one attached hydrogen (secondary N) is 2. The molecular formula is C12H25N3O2S. The smallest absolute Gasteiger partial charge is 0.279 e. The number of nitrogens with zero attached hydrogens (tertiary/aromatic N) is 1. The number of hydrogen-bond donors (Lipinski definition) is 2. The van der Waals surface area contributed by atoms with E-state index in [9.17, 15) is 8.42 Å². The molecule has 0 aromatic rings. The molecule has 2 rings (SSSR count). The fraction of sp³-hybridized carbons (Fsp3) is 1.00. The highest BCUT2D eigenvalue weighted by Crippen LogP contribution is 2.29. The minimum absolute atomic E-state index is 0.201. The van der Waals surface area contributed by atoms with Gasteiger partial charge in [-0.2, -0.15) is 12.7 Å². The number of rotatable bonds is 3. The van der Waals surface area contributed by atoms with Crippen molar-refractivity contribution < 1.29 is 8.42 Å². The molecule has 0 spiro atoms. The second-order valence-electron chi connectivity index (χ2n) is 5.32. The van der Waals surface area contributed by atoms with Crippen molar-refractivity contribution in [2.45, 2.75) is 44.6 Å². The van der Waals surface area contributed by atoms with Gasteiger partial charge in [-0.05, 0) is 44.7 Å². The molecule has 106 valence electrons. The Hall–Kier alpha value is -0.170. The molecule has 1 atom stereocenters. The van der Waals surface area contributed by atoms with E-state index in [1.54, 1.807) is 4.31 Å². The van der Waals surface area contributed by atoms with Crippen molar-refractivity contribution in [3.8, 4) is 0 Å². The molecule has 2 fully saturated rings. The lowest BCUT2D eigenvalue weighted by Crippen LogP contribution is -2.50. The first-order valence-corrected chi connectivity index (χ1v) is 8.50. The van der Waals surface area contributed by atoms with Crippen molar-refractivity contribution in [2.24, 2.45) is 5.92 Å². The van der Waals surface area contributed by atoms with E-state index in [1.165, 1.54) is 7.05 Å². The molecule has 5 nitrogen and oxygen atoms in total. The fourth-order valence-electron chi connectivity index (χ4n) is 3.22. The van der Waals surface area contributed by atoms with E-state index >= 15 is 0 Å². The molecular weight excluding hydrogens is 250 g/mol. The van der Waals surface area contributed by atoms with Crippen LogP contribution in [0.3, 0.4) is 0 Å².